The molecule has 1 saturated carbocycles. The monoisotopic (exact) mass is 277 g/mol. The van der Waals surface area contributed by atoms with E-state index in [9.17, 15) is 8.78 Å². The summed E-state index contributed by atoms with van der Waals surface area (Å²) < 4.78 is 30.3. The zero-order valence-corrected chi connectivity index (χ0v) is 11.3. The predicted octanol–water partition coefficient (Wildman–Crippen LogP) is 4.25. The van der Waals surface area contributed by atoms with Crippen LogP contribution in [0.2, 0.25) is 0 Å². The van der Waals surface area contributed by atoms with Gasteiger partial charge in [-0.1, -0.05) is 36.4 Å². The third kappa shape index (κ3) is 2.75. The molecular formula is C16H17F2NO. The average molecular weight is 277 g/mol. The SMILES string of the molecule is CC(NC1CC1)c1ccc2ccccc2c1OC(F)F. The molecule has 0 bridgehead atoms. The van der Waals surface area contributed by atoms with Gasteiger partial charge in [0.2, 0.25) is 0 Å². The molecule has 1 atom stereocenters. The minimum Gasteiger partial charge on any atom is -0.434 e. The summed E-state index contributed by atoms with van der Waals surface area (Å²) in [5, 5.41) is 5.06. The van der Waals surface area contributed by atoms with Crippen LogP contribution in [-0.4, -0.2) is 12.7 Å². The lowest BCUT2D eigenvalue weighted by Crippen LogP contribution is -2.21. The van der Waals surface area contributed by atoms with Crippen molar-refractivity contribution in [3.8, 4) is 5.75 Å². The Morgan fingerprint density at radius 1 is 1.15 bits per heavy atom. The fourth-order valence-corrected chi connectivity index (χ4v) is 2.51. The van der Waals surface area contributed by atoms with Gasteiger partial charge >= 0.3 is 6.61 Å². The predicted molar refractivity (Wildman–Crippen MR) is 75.2 cm³/mol. The normalized spacial score (nSPS) is 16.6. The molecule has 0 aliphatic heterocycles. The van der Waals surface area contributed by atoms with Gasteiger partial charge < -0.3 is 10.1 Å². The van der Waals surface area contributed by atoms with Crippen LogP contribution >= 0.6 is 0 Å². The molecular weight excluding hydrogens is 260 g/mol. The first kappa shape index (κ1) is 13.3. The van der Waals surface area contributed by atoms with Crippen LogP contribution in [0.3, 0.4) is 0 Å². The molecule has 0 saturated heterocycles. The molecule has 2 aromatic carbocycles. The van der Waals surface area contributed by atoms with E-state index in [4.69, 9.17) is 4.74 Å². The summed E-state index contributed by atoms with van der Waals surface area (Å²) in [6.07, 6.45) is 2.31. The van der Waals surface area contributed by atoms with Gasteiger partial charge in [-0.3, -0.25) is 0 Å². The second-order valence-corrected chi connectivity index (χ2v) is 5.25. The lowest BCUT2D eigenvalue weighted by atomic mass is 10.0. The highest BCUT2D eigenvalue weighted by Crippen LogP contribution is 2.36. The van der Waals surface area contributed by atoms with Crippen molar-refractivity contribution in [2.75, 3.05) is 0 Å². The maximum absolute atomic E-state index is 12.7. The highest BCUT2D eigenvalue weighted by Gasteiger charge is 2.25. The number of rotatable bonds is 5. The molecule has 3 rings (SSSR count). The number of hydrogen-bond acceptors (Lipinski definition) is 2. The Morgan fingerprint density at radius 2 is 1.90 bits per heavy atom. The summed E-state index contributed by atoms with van der Waals surface area (Å²) in [5.74, 6) is 0.291. The third-order valence-corrected chi connectivity index (χ3v) is 3.65. The van der Waals surface area contributed by atoms with Gasteiger partial charge in [0.15, 0.2) is 0 Å². The van der Waals surface area contributed by atoms with Crippen LogP contribution in [0.4, 0.5) is 8.78 Å². The summed E-state index contributed by atoms with van der Waals surface area (Å²) in [5.41, 5.74) is 0.788. The Labute approximate surface area is 116 Å². The first-order valence-corrected chi connectivity index (χ1v) is 6.87. The fourth-order valence-electron chi connectivity index (χ4n) is 2.51. The molecule has 4 heteroatoms. The Bertz CT molecular complexity index is 610. The van der Waals surface area contributed by atoms with E-state index in [1.54, 1.807) is 0 Å². The number of fused-ring (bicyclic) bond motifs is 1. The minimum atomic E-state index is -2.81. The molecule has 2 aromatic rings. The maximum Gasteiger partial charge on any atom is 0.387 e. The zero-order valence-electron chi connectivity index (χ0n) is 11.3. The van der Waals surface area contributed by atoms with Gasteiger partial charge in [0.05, 0.1) is 0 Å². The van der Waals surface area contributed by atoms with E-state index in [2.05, 4.69) is 5.32 Å². The Morgan fingerprint density at radius 3 is 2.60 bits per heavy atom. The standard InChI is InChI=1S/C16H17F2NO/c1-10(19-12-7-8-12)13-9-6-11-4-2-3-5-14(11)15(13)20-16(17)18/h2-6,9-10,12,16,19H,7-8H2,1H3. The zero-order chi connectivity index (χ0) is 14.1. The Kier molecular flexibility index (Phi) is 3.57. The molecule has 0 aromatic heterocycles. The molecule has 1 N–H and O–H groups in total. The van der Waals surface area contributed by atoms with E-state index >= 15 is 0 Å². The van der Waals surface area contributed by atoms with Gasteiger partial charge in [0.25, 0.3) is 0 Å². The van der Waals surface area contributed by atoms with Crippen molar-refractivity contribution < 1.29 is 13.5 Å². The first-order chi connectivity index (χ1) is 9.65. The Balaban J connectivity index is 2.04. The molecule has 20 heavy (non-hydrogen) atoms. The van der Waals surface area contributed by atoms with Crippen molar-refractivity contribution in [1.82, 2.24) is 5.32 Å². The maximum atomic E-state index is 12.7. The summed E-state index contributed by atoms with van der Waals surface area (Å²) in [7, 11) is 0. The largest absolute Gasteiger partial charge is 0.434 e. The van der Waals surface area contributed by atoms with Crippen molar-refractivity contribution in [2.24, 2.45) is 0 Å². The third-order valence-electron chi connectivity index (χ3n) is 3.65. The number of benzene rings is 2. The number of halogens is 2. The van der Waals surface area contributed by atoms with Crippen molar-refractivity contribution in [3.63, 3.8) is 0 Å². The van der Waals surface area contributed by atoms with Crippen LogP contribution in [0.25, 0.3) is 10.8 Å². The molecule has 2 nitrogen and oxygen atoms in total. The summed E-state index contributed by atoms with van der Waals surface area (Å²) in [6.45, 7) is -0.825. The van der Waals surface area contributed by atoms with Crippen molar-refractivity contribution in [3.05, 3.63) is 42.0 Å². The molecule has 1 aliphatic rings. The van der Waals surface area contributed by atoms with Crippen molar-refractivity contribution >= 4 is 10.8 Å². The quantitative estimate of drug-likeness (QED) is 0.882. The number of hydrogen-bond donors (Lipinski definition) is 1. The van der Waals surface area contributed by atoms with Gasteiger partial charge in [-0.2, -0.15) is 8.78 Å². The molecule has 1 fully saturated rings. The summed E-state index contributed by atoms with van der Waals surface area (Å²) in [4.78, 5) is 0. The van der Waals surface area contributed by atoms with Crippen LogP contribution in [0.5, 0.6) is 5.75 Å². The van der Waals surface area contributed by atoms with Crippen LogP contribution in [-0.2, 0) is 0 Å². The van der Waals surface area contributed by atoms with Crippen LogP contribution in [0.15, 0.2) is 36.4 Å². The van der Waals surface area contributed by atoms with Gasteiger partial charge in [-0.05, 0) is 25.2 Å². The number of nitrogens with one attached hydrogen (secondary N) is 1. The van der Waals surface area contributed by atoms with Crippen molar-refractivity contribution in [1.29, 1.82) is 0 Å². The molecule has 1 unspecified atom stereocenters. The van der Waals surface area contributed by atoms with Gasteiger partial charge in [-0.15, -0.1) is 0 Å². The summed E-state index contributed by atoms with van der Waals surface area (Å²) >= 11 is 0. The van der Waals surface area contributed by atoms with E-state index < -0.39 is 6.61 Å². The van der Waals surface area contributed by atoms with Gasteiger partial charge in [-0.25, -0.2) is 0 Å². The lowest BCUT2D eigenvalue weighted by Gasteiger charge is -2.19. The van der Waals surface area contributed by atoms with E-state index in [1.165, 1.54) is 0 Å². The lowest BCUT2D eigenvalue weighted by molar-refractivity contribution is -0.0496. The molecule has 1 aliphatic carbocycles. The van der Waals surface area contributed by atoms with E-state index in [0.29, 0.717) is 11.8 Å². The van der Waals surface area contributed by atoms with Gasteiger partial charge in [0, 0.05) is 23.0 Å². The summed E-state index contributed by atoms with van der Waals surface area (Å²) in [6, 6.07) is 11.8. The average Bonchev–Trinajstić information content (AvgIpc) is 3.22. The van der Waals surface area contributed by atoms with Gasteiger partial charge in [0.1, 0.15) is 5.75 Å². The second kappa shape index (κ2) is 5.37. The smallest absolute Gasteiger partial charge is 0.387 e. The first-order valence-electron chi connectivity index (χ1n) is 6.87. The van der Waals surface area contributed by atoms with Crippen LogP contribution in [0.1, 0.15) is 31.4 Å². The highest BCUT2D eigenvalue weighted by molar-refractivity contribution is 5.89. The molecule has 0 spiro atoms. The van der Waals surface area contributed by atoms with E-state index in [1.807, 2.05) is 43.3 Å². The Hall–Kier alpha value is -1.68. The van der Waals surface area contributed by atoms with Crippen LogP contribution in [0, 0.1) is 0 Å². The minimum absolute atomic E-state index is 0.000793. The van der Waals surface area contributed by atoms with Crippen molar-refractivity contribution in [2.45, 2.75) is 38.5 Å². The molecule has 106 valence electrons. The molecule has 0 radical (unpaired) electrons. The molecule has 0 heterocycles. The van der Waals surface area contributed by atoms with E-state index in [0.717, 1.165) is 29.2 Å². The number of alkyl halides is 2. The highest BCUT2D eigenvalue weighted by atomic mass is 19.3. The number of ether oxygens (including phenoxy) is 1. The molecule has 0 amide bonds. The fraction of sp³-hybridized carbons (Fsp3) is 0.375. The van der Waals surface area contributed by atoms with E-state index in [-0.39, 0.29) is 6.04 Å². The van der Waals surface area contributed by atoms with Crippen LogP contribution < -0.4 is 10.1 Å². The second-order valence-electron chi connectivity index (χ2n) is 5.25. The topological polar surface area (TPSA) is 21.3 Å².